The summed E-state index contributed by atoms with van der Waals surface area (Å²) in [4.78, 5) is 19.2. The van der Waals surface area contributed by atoms with Crippen molar-refractivity contribution in [2.75, 3.05) is 0 Å². The van der Waals surface area contributed by atoms with Crippen molar-refractivity contribution in [3.8, 4) is 44.5 Å². The molecule has 72 heavy (non-hydrogen) atoms. The number of fused-ring (bicyclic) bond motifs is 8. The molecule has 0 amide bonds. The number of nitrogens with zero attached hydrogens (tertiary/aromatic N) is 2. The molecular weight excluding hydrogens is 873 g/mol. The Morgan fingerprint density at radius 1 is 0.264 bits per heavy atom. The zero-order valence-electron chi connectivity index (χ0n) is 43.9. The fourth-order valence-corrected chi connectivity index (χ4v) is 10.8. The van der Waals surface area contributed by atoms with Gasteiger partial charge in [0.2, 0.25) is 0 Å². The summed E-state index contributed by atoms with van der Waals surface area (Å²) in [6, 6.07) is 46.1. The third-order valence-corrected chi connectivity index (χ3v) is 15.0. The van der Waals surface area contributed by atoms with Crippen molar-refractivity contribution < 1.29 is 0 Å². The zero-order valence-corrected chi connectivity index (χ0v) is 43.9. The summed E-state index contributed by atoms with van der Waals surface area (Å²) in [5.74, 6) is 0. The lowest BCUT2D eigenvalue weighted by Crippen LogP contribution is -1.91. The standard InChI is InChI=1S/C68H78N4/c1-5-9-13-17-21-49-25-33-53(34-26-49)65-57-41-43-59(69-57)66(54-35-27-50(28-36-54)22-18-14-10-6-2)61-45-47-63(71-61)68(56-39-31-52(32-40-56)24-20-16-12-8-4)64-48-46-62(72-64)67(60-44-42-58(65)70-60)55-37-29-51(30-38-55)23-19-15-11-7-3/h25-48,69,72H,5-24H2,1-4H3. The lowest BCUT2D eigenvalue weighted by Gasteiger charge is -2.09. The summed E-state index contributed by atoms with van der Waals surface area (Å²) < 4.78 is 0. The Balaban J connectivity index is 1.27. The Bertz CT molecular complexity index is 2670. The van der Waals surface area contributed by atoms with Gasteiger partial charge in [-0.2, -0.15) is 0 Å². The molecule has 0 saturated heterocycles. The zero-order chi connectivity index (χ0) is 49.5. The first-order valence-corrected chi connectivity index (χ1v) is 28.1. The molecule has 2 aliphatic rings. The van der Waals surface area contributed by atoms with Crippen molar-refractivity contribution in [3.63, 3.8) is 0 Å². The number of benzene rings is 4. The lowest BCUT2D eigenvalue weighted by molar-refractivity contribution is 0.667. The second-order valence-electron chi connectivity index (χ2n) is 20.5. The molecule has 2 aliphatic heterocycles. The summed E-state index contributed by atoms with van der Waals surface area (Å²) in [5, 5.41) is 0. The average Bonchev–Trinajstić information content (AvgIpc) is 4.27. The van der Waals surface area contributed by atoms with E-state index in [1.807, 2.05) is 0 Å². The van der Waals surface area contributed by atoms with Gasteiger partial charge in [-0.15, -0.1) is 0 Å². The van der Waals surface area contributed by atoms with Crippen LogP contribution in [0.5, 0.6) is 0 Å². The molecule has 4 heteroatoms. The Morgan fingerprint density at radius 2 is 0.486 bits per heavy atom. The molecule has 9 rings (SSSR count). The van der Waals surface area contributed by atoms with Crippen LogP contribution in [0.4, 0.5) is 0 Å². The molecule has 0 radical (unpaired) electrons. The van der Waals surface area contributed by atoms with Crippen LogP contribution in [-0.4, -0.2) is 19.9 Å². The summed E-state index contributed by atoms with van der Waals surface area (Å²) >= 11 is 0. The number of rotatable bonds is 24. The summed E-state index contributed by atoms with van der Waals surface area (Å²) in [6.07, 6.45) is 33.4. The SMILES string of the molecule is CCCCCCc1ccc(-c2c3nc(c(-c4ccc(CCCCCC)cc4)c4ccc([nH]4)c(-c4ccc(CCCCCC)cc4)c4nc(c(-c5ccc(CCCCCC)cc5)c5ccc2[nH]5)C=C4)C=C3)cc1. The van der Waals surface area contributed by atoms with Gasteiger partial charge in [-0.05, 0) is 144 Å². The van der Waals surface area contributed by atoms with E-state index in [1.54, 1.807) is 0 Å². The van der Waals surface area contributed by atoms with E-state index in [-0.39, 0.29) is 0 Å². The second-order valence-corrected chi connectivity index (χ2v) is 20.5. The van der Waals surface area contributed by atoms with Crippen LogP contribution in [0, 0.1) is 0 Å². The van der Waals surface area contributed by atoms with Gasteiger partial charge in [-0.1, -0.05) is 202 Å². The van der Waals surface area contributed by atoms with Gasteiger partial charge >= 0.3 is 0 Å². The number of H-pyrrole nitrogens is 2. The second kappa shape index (κ2) is 25.2. The van der Waals surface area contributed by atoms with Crippen LogP contribution in [0.1, 0.15) is 175 Å². The predicted octanol–water partition coefficient (Wildman–Crippen LogP) is 19.8. The van der Waals surface area contributed by atoms with Crippen molar-refractivity contribution in [1.82, 2.24) is 19.9 Å². The van der Waals surface area contributed by atoms with Crippen LogP contribution in [0.15, 0.2) is 121 Å². The largest absolute Gasteiger partial charge is 0.354 e. The molecule has 5 heterocycles. The molecule has 370 valence electrons. The first kappa shape index (κ1) is 50.4. The summed E-state index contributed by atoms with van der Waals surface area (Å²) in [5.41, 5.74) is 22.4. The number of aryl methyl sites for hydroxylation is 4. The average molecular weight is 951 g/mol. The number of hydrogen-bond acceptors (Lipinski definition) is 2. The van der Waals surface area contributed by atoms with E-state index in [0.29, 0.717) is 0 Å². The van der Waals surface area contributed by atoms with Crippen molar-refractivity contribution in [2.45, 2.75) is 156 Å². The Morgan fingerprint density at radius 3 is 0.694 bits per heavy atom. The van der Waals surface area contributed by atoms with Gasteiger partial charge in [0.05, 0.1) is 22.8 Å². The molecule has 3 aromatic heterocycles. The molecular formula is C68H78N4. The van der Waals surface area contributed by atoms with E-state index in [2.05, 4.69) is 183 Å². The van der Waals surface area contributed by atoms with E-state index < -0.39 is 0 Å². The van der Waals surface area contributed by atoms with Gasteiger partial charge in [0.15, 0.2) is 0 Å². The van der Waals surface area contributed by atoms with Gasteiger partial charge < -0.3 is 9.97 Å². The minimum absolute atomic E-state index is 0.947. The van der Waals surface area contributed by atoms with Crippen LogP contribution >= 0.6 is 0 Å². The van der Waals surface area contributed by atoms with Crippen LogP contribution < -0.4 is 0 Å². The van der Waals surface area contributed by atoms with Crippen molar-refractivity contribution in [2.24, 2.45) is 0 Å². The summed E-state index contributed by atoms with van der Waals surface area (Å²) in [7, 11) is 0. The number of nitrogens with one attached hydrogen (secondary N) is 2. The Hall–Kier alpha value is -6.52. The van der Waals surface area contributed by atoms with Crippen molar-refractivity contribution in [3.05, 3.63) is 166 Å². The highest BCUT2D eigenvalue weighted by Crippen LogP contribution is 2.39. The van der Waals surface area contributed by atoms with Gasteiger partial charge in [-0.3, -0.25) is 0 Å². The fraction of sp³-hybridized carbons (Fsp3) is 0.353. The van der Waals surface area contributed by atoms with Gasteiger partial charge in [-0.25, -0.2) is 9.97 Å². The smallest absolute Gasteiger partial charge is 0.0737 e. The summed E-state index contributed by atoms with van der Waals surface area (Å²) in [6.45, 7) is 9.12. The molecule has 0 spiro atoms. The maximum atomic E-state index is 5.62. The molecule has 0 fully saturated rings. The third kappa shape index (κ3) is 12.4. The van der Waals surface area contributed by atoms with Gasteiger partial charge in [0.25, 0.3) is 0 Å². The minimum atomic E-state index is 0.947. The Labute approximate surface area is 431 Å². The molecule has 4 aromatic carbocycles. The molecule has 0 atom stereocenters. The molecule has 0 aliphatic carbocycles. The highest BCUT2D eigenvalue weighted by Gasteiger charge is 2.19. The topological polar surface area (TPSA) is 57.4 Å². The van der Waals surface area contributed by atoms with Gasteiger partial charge in [0, 0.05) is 44.3 Å². The number of aromatic nitrogens is 4. The maximum Gasteiger partial charge on any atom is 0.0737 e. The first-order valence-electron chi connectivity index (χ1n) is 28.1. The fourth-order valence-electron chi connectivity index (χ4n) is 10.8. The van der Waals surface area contributed by atoms with Crippen molar-refractivity contribution in [1.29, 1.82) is 0 Å². The van der Waals surface area contributed by atoms with Crippen LogP contribution in [0.25, 0.3) is 90.9 Å². The minimum Gasteiger partial charge on any atom is -0.354 e. The molecule has 0 saturated carbocycles. The van der Waals surface area contributed by atoms with E-state index in [1.165, 1.54) is 125 Å². The predicted molar refractivity (Wildman–Crippen MR) is 312 cm³/mol. The third-order valence-electron chi connectivity index (χ3n) is 15.0. The molecule has 8 bridgehead atoms. The molecule has 7 aromatic rings. The quantitative estimate of drug-likeness (QED) is 0.0593. The lowest BCUT2D eigenvalue weighted by atomic mass is 9.99. The highest BCUT2D eigenvalue weighted by molar-refractivity contribution is 5.99. The maximum absolute atomic E-state index is 5.62. The van der Waals surface area contributed by atoms with Crippen LogP contribution in [0.2, 0.25) is 0 Å². The number of unbranched alkanes of at least 4 members (excludes halogenated alkanes) is 12. The number of aromatic amines is 2. The van der Waals surface area contributed by atoms with Crippen LogP contribution in [-0.2, 0) is 25.7 Å². The Kier molecular flexibility index (Phi) is 17.7. The van der Waals surface area contributed by atoms with E-state index in [0.717, 1.165) is 115 Å². The normalized spacial score (nSPS) is 12.1. The molecule has 0 unspecified atom stereocenters. The van der Waals surface area contributed by atoms with Crippen LogP contribution in [0.3, 0.4) is 0 Å². The monoisotopic (exact) mass is 951 g/mol. The molecule has 2 N–H and O–H groups in total. The van der Waals surface area contributed by atoms with Crippen molar-refractivity contribution >= 4 is 46.4 Å². The number of hydrogen-bond donors (Lipinski definition) is 2. The highest BCUT2D eigenvalue weighted by atomic mass is 14.8. The van der Waals surface area contributed by atoms with E-state index >= 15 is 0 Å². The van der Waals surface area contributed by atoms with E-state index in [4.69, 9.17) is 9.97 Å². The van der Waals surface area contributed by atoms with Gasteiger partial charge in [0.1, 0.15) is 0 Å². The molecule has 4 nitrogen and oxygen atoms in total. The van der Waals surface area contributed by atoms with E-state index in [9.17, 15) is 0 Å². The first-order chi connectivity index (χ1) is 35.5.